The van der Waals surface area contributed by atoms with E-state index in [2.05, 4.69) is 10.6 Å². The van der Waals surface area contributed by atoms with Gasteiger partial charge in [0, 0.05) is 38.8 Å². The first kappa shape index (κ1) is 14.8. The molecule has 5 heteroatoms. The summed E-state index contributed by atoms with van der Waals surface area (Å²) in [5.74, 6) is -0.0844. The second-order valence-electron chi connectivity index (χ2n) is 5.52. The Morgan fingerprint density at radius 3 is 3.00 bits per heavy atom. The molecule has 3 N–H and O–H groups in total. The predicted molar refractivity (Wildman–Crippen MR) is 77.7 cm³/mol. The molecular weight excluding hydrogens is 256 g/mol. The second kappa shape index (κ2) is 6.24. The number of aliphatic hydroxyl groups is 1. The highest BCUT2D eigenvalue weighted by Gasteiger charge is 2.28. The first-order valence-electron chi connectivity index (χ1n) is 6.85. The fourth-order valence-electron chi connectivity index (χ4n) is 2.27. The molecule has 2 rings (SSSR count). The fourth-order valence-corrected chi connectivity index (χ4v) is 2.27. The lowest BCUT2D eigenvalue weighted by Gasteiger charge is -2.24. The highest BCUT2D eigenvalue weighted by Crippen LogP contribution is 2.25. The standard InChI is InChI=1S/C15H22N2O3/c1-15(19,7-8-20-2)10-16-14(18)13-9-11-5-3-4-6-12(11)17-13/h3-6,13,17,19H,7-10H2,1-2H3,(H,16,18)/t13-,15?/m0/s1. The minimum Gasteiger partial charge on any atom is -0.388 e. The van der Waals surface area contributed by atoms with Crippen molar-refractivity contribution in [2.45, 2.75) is 31.4 Å². The number of hydrogen-bond acceptors (Lipinski definition) is 4. The zero-order valence-corrected chi connectivity index (χ0v) is 12.0. The van der Waals surface area contributed by atoms with E-state index in [1.165, 1.54) is 0 Å². The molecular formula is C15H22N2O3. The van der Waals surface area contributed by atoms with Crippen molar-refractivity contribution in [2.24, 2.45) is 0 Å². The van der Waals surface area contributed by atoms with Gasteiger partial charge in [0.25, 0.3) is 0 Å². The van der Waals surface area contributed by atoms with Gasteiger partial charge < -0.3 is 20.5 Å². The molecule has 0 saturated heterocycles. The van der Waals surface area contributed by atoms with Crippen molar-refractivity contribution in [2.75, 3.05) is 25.6 Å². The quantitative estimate of drug-likeness (QED) is 0.724. The van der Waals surface area contributed by atoms with Gasteiger partial charge in [0.15, 0.2) is 0 Å². The van der Waals surface area contributed by atoms with E-state index >= 15 is 0 Å². The summed E-state index contributed by atoms with van der Waals surface area (Å²) in [6.07, 6.45) is 1.17. The number of para-hydroxylation sites is 1. The van der Waals surface area contributed by atoms with Gasteiger partial charge in [-0.1, -0.05) is 18.2 Å². The second-order valence-corrected chi connectivity index (χ2v) is 5.52. The van der Waals surface area contributed by atoms with Crippen LogP contribution in [0.5, 0.6) is 0 Å². The maximum Gasteiger partial charge on any atom is 0.242 e. The van der Waals surface area contributed by atoms with Gasteiger partial charge in [-0.2, -0.15) is 0 Å². The van der Waals surface area contributed by atoms with E-state index in [4.69, 9.17) is 4.74 Å². The molecule has 1 aromatic carbocycles. The van der Waals surface area contributed by atoms with Crippen molar-refractivity contribution >= 4 is 11.6 Å². The number of carbonyl (C=O) groups excluding carboxylic acids is 1. The van der Waals surface area contributed by atoms with Crippen LogP contribution in [0.25, 0.3) is 0 Å². The molecule has 0 aromatic heterocycles. The molecule has 2 atom stereocenters. The minimum atomic E-state index is -0.947. The molecule has 1 amide bonds. The summed E-state index contributed by atoms with van der Waals surface area (Å²) >= 11 is 0. The van der Waals surface area contributed by atoms with Crippen molar-refractivity contribution in [3.63, 3.8) is 0 Å². The van der Waals surface area contributed by atoms with Crippen LogP contribution in [0.4, 0.5) is 5.69 Å². The number of fused-ring (bicyclic) bond motifs is 1. The van der Waals surface area contributed by atoms with Crippen molar-refractivity contribution in [3.05, 3.63) is 29.8 Å². The van der Waals surface area contributed by atoms with Crippen LogP contribution >= 0.6 is 0 Å². The van der Waals surface area contributed by atoms with E-state index in [-0.39, 0.29) is 18.5 Å². The number of rotatable bonds is 6. The third kappa shape index (κ3) is 3.71. The molecule has 0 bridgehead atoms. The molecule has 0 spiro atoms. The lowest BCUT2D eigenvalue weighted by Crippen LogP contribution is -2.46. The van der Waals surface area contributed by atoms with Gasteiger partial charge in [-0.15, -0.1) is 0 Å². The summed E-state index contributed by atoms with van der Waals surface area (Å²) in [6.45, 7) is 2.39. The Labute approximate surface area is 119 Å². The minimum absolute atomic E-state index is 0.0844. The zero-order valence-electron chi connectivity index (χ0n) is 12.0. The van der Waals surface area contributed by atoms with Crippen LogP contribution in [-0.2, 0) is 16.0 Å². The number of amides is 1. The van der Waals surface area contributed by atoms with Gasteiger partial charge in [0.2, 0.25) is 5.91 Å². The number of nitrogens with one attached hydrogen (secondary N) is 2. The molecule has 0 saturated carbocycles. The molecule has 1 unspecified atom stereocenters. The van der Waals surface area contributed by atoms with Crippen molar-refractivity contribution < 1.29 is 14.6 Å². The Bertz CT molecular complexity index is 449. The monoisotopic (exact) mass is 278 g/mol. The summed E-state index contributed by atoms with van der Waals surface area (Å²) in [5.41, 5.74) is 1.22. The van der Waals surface area contributed by atoms with Crippen molar-refractivity contribution in [1.29, 1.82) is 0 Å². The Balaban J connectivity index is 1.82. The van der Waals surface area contributed by atoms with E-state index in [1.54, 1.807) is 14.0 Å². The first-order chi connectivity index (χ1) is 9.52. The van der Waals surface area contributed by atoms with E-state index in [1.807, 2.05) is 24.3 Å². The lowest BCUT2D eigenvalue weighted by molar-refractivity contribution is -0.123. The zero-order chi connectivity index (χ0) is 14.6. The molecule has 5 nitrogen and oxygen atoms in total. The molecule has 1 heterocycles. The average Bonchev–Trinajstić information content (AvgIpc) is 2.86. The molecule has 0 radical (unpaired) electrons. The number of carbonyl (C=O) groups is 1. The van der Waals surface area contributed by atoms with Crippen molar-refractivity contribution in [3.8, 4) is 0 Å². The van der Waals surface area contributed by atoms with Crippen LogP contribution in [0.15, 0.2) is 24.3 Å². The van der Waals surface area contributed by atoms with Crippen molar-refractivity contribution in [1.82, 2.24) is 5.32 Å². The van der Waals surface area contributed by atoms with Crippen LogP contribution < -0.4 is 10.6 Å². The maximum atomic E-state index is 12.1. The van der Waals surface area contributed by atoms with Crippen LogP contribution in [0.3, 0.4) is 0 Å². The molecule has 20 heavy (non-hydrogen) atoms. The van der Waals surface area contributed by atoms with Crippen LogP contribution in [0, 0.1) is 0 Å². The number of ether oxygens (including phenoxy) is 1. The number of hydrogen-bond donors (Lipinski definition) is 3. The molecule has 1 aliphatic heterocycles. The topological polar surface area (TPSA) is 70.6 Å². The first-order valence-corrected chi connectivity index (χ1v) is 6.85. The summed E-state index contributed by atoms with van der Waals surface area (Å²) < 4.78 is 4.94. The molecule has 1 aromatic rings. The Morgan fingerprint density at radius 1 is 1.55 bits per heavy atom. The molecule has 0 aliphatic carbocycles. The SMILES string of the molecule is COCCC(C)(O)CNC(=O)[C@@H]1Cc2ccccc2N1. The van der Waals surface area contributed by atoms with Crippen LogP contribution in [0.1, 0.15) is 18.9 Å². The maximum absolute atomic E-state index is 12.1. The number of benzene rings is 1. The largest absolute Gasteiger partial charge is 0.388 e. The van der Waals surface area contributed by atoms with E-state index < -0.39 is 5.60 Å². The fraction of sp³-hybridized carbons (Fsp3) is 0.533. The van der Waals surface area contributed by atoms with Gasteiger partial charge in [0.05, 0.1) is 5.60 Å². The highest BCUT2D eigenvalue weighted by molar-refractivity contribution is 5.87. The Hall–Kier alpha value is -1.59. The van der Waals surface area contributed by atoms with E-state index in [9.17, 15) is 9.90 Å². The molecule has 0 fully saturated rings. The van der Waals surface area contributed by atoms with Gasteiger partial charge in [-0.25, -0.2) is 0 Å². The summed E-state index contributed by atoms with van der Waals surface area (Å²) in [6, 6.07) is 7.64. The normalized spacial score (nSPS) is 19.9. The third-order valence-electron chi connectivity index (χ3n) is 3.58. The Morgan fingerprint density at radius 2 is 2.30 bits per heavy atom. The lowest BCUT2D eigenvalue weighted by atomic mass is 10.0. The van der Waals surface area contributed by atoms with Gasteiger partial charge in [0.1, 0.15) is 6.04 Å². The van der Waals surface area contributed by atoms with E-state index in [0.29, 0.717) is 19.4 Å². The van der Waals surface area contributed by atoms with Gasteiger partial charge in [-0.3, -0.25) is 4.79 Å². The van der Waals surface area contributed by atoms with E-state index in [0.717, 1.165) is 11.3 Å². The summed E-state index contributed by atoms with van der Waals surface area (Å²) in [7, 11) is 1.59. The summed E-state index contributed by atoms with van der Waals surface area (Å²) in [5, 5.41) is 16.1. The third-order valence-corrected chi connectivity index (χ3v) is 3.58. The average molecular weight is 278 g/mol. The van der Waals surface area contributed by atoms with Gasteiger partial charge >= 0.3 is 0 Å². The number of methoxy groups -OCH3 is 1. The van der Waals surface area contributed by atoms with Gasteiger partial charge in [-0.05, 0) is 18.6 Å². The Kier molecular flexibility index (Phi) is 4.62. The number of anilines is 1. The molecule has 1 aliphatic rings. The molecule has 110 valence electrons. The predicted octanol–water partition coefficient (Wildman–Crippen LogP) is 0.927. The van der Waals surface area contributed by atoms with Crippen LogP contribution in [-0.4, -0.2) is 42.9 Å². The van der Waals surface area contributed by atoms with Crippen LogP contribution in [0.2, 0.25) is 0 Å². The summed E-state index contributed by atoms with van der Waals surface area (Å²) in [4.78, 5) is 12.1. The highest BCUT2D eigenvalue weighted by atomic mass is 16.5. The smallest absolute Gasteiger partial charge is 0.242 e.